The second kappa shape index (κ2) is 8.63. The molecule has 0 N–H and O–H groups in total. The molecule has 0 amide bonds. The molecule has 1 fully saturated rings. The summed E-state index contributed by atoms with van der Waals surface area (Å²) in [6.45, 7) is 2.30. The minimum absolute atomic E-state index is 0.00548. The summed E-state index contributed by atoms with van der Waals surface area (Å²) in [4.78, 5) is 26.7. The molecule has 31 heavy (non-hydrogen) atoms. The Kier molecular flexibility index (Phi) is 5.91. The fourth-order valence-corrected chi connectivity index (χ4v) is 5.12. The topological polar surface area (TPSA) is 93.1 Å². The minimum atomic E-state index is -3.89. The smallest absolute Gasteiger partial charge is 0.338 e. The van der Waals surface area contributed by atoms with Gasteiger partial charge >= 0.3 is 5.97 Å². The van der Waals surface area contributed by atoms with Gasteiger partial charge in [0, 0.05) is 18.5 Å². The van der Waals surface area contributed by atoms with E-state index >= 15 is 0 Å². The molecule has 2 aliphatic heterocycles. The van der Waals surface area contributed by atoms with Crippen molar-refractivity contribution in [3.05, 3.63) is 59.2 Å². The van der Waals surface area contributed by atoms with Crippen LogP contribution in [0.3, 0.4) is 0 Å². The highest BCUT2D eigenvalue weighted by Gasteiger charge is 2.32. The Bertz CT molecular complexity index is 1150. The van der Waals surface area contributed by atoms with Crippen molar-refractivity contribution in [3.63, 3.8) is 0 Å². The van der Waals surface area contributed by atoms with Crippen molar-refractivity contribution in [2.24, 2.45) is 4.40 Å². The normalized spacial score (nSPS) is 17.1. The lowest BCUT2D eigenvalue weighted by atomic mass is 10.1. The number of fused-ring (bicyclic) bond motifs is 3. The fourth-order valence-electron chi connectivity index (χ4n) is 3.83. The number of ketones is 1. The number of hydrogen-bond acceptors (Lipinski definition) is 6. The molecular formula is C23H24N2O5S. The Morgan fingerprint density at radius 2 is 1.77 bits per heavy atom. The molecule has 0 spiro atoms. The Morgan fingerprint density at radius 3 is 2.52 bits per heavy atom. The zero-order valence-corrected chi connectivity index (χ0v) is 18.2. The molecule has 0 unspecified atom stereocenters. The summed E-state index contributed by atoms with van der Waals surface area (Å²) in [5.41, 5.74) is 2.18. The number of ether oxygens (including phenoxy) is 1. The number of hydrogen-bond donors (Lipinski definition) is 0. The second-order valence-corrected chi connectivity index (χ2v) is 9.25. The van der Waals surface area contributed by atoms with Crippen LogP contribution in [0.15, 0.2) is 51.8 Å². The van der Waals surface area contributed by atoms with E-state index in [2.05, 4.69) is 4.40 Å². The molecule has 0 bridgehead atoms. The minimum Gasteiger partial charge on any atom is -0.454 e. The Morgan fingerprint density at radius 1 is 1.03 bits per heavy atom. The number of nitrogens with zero attached hydrogens (tertiary/aromatic N) is 2. The average Bonchev–Trinajstić information content (AvgIpc) is 3.02. The van der Waals surface area contributed by atoms with E-state index in [1.165, 1.54) is 12.1 Å². The summed E-state index contributed by atoms with van der Waals surface area (Å²) >= 11 is 0. The van der Waals surface area contributed by atoms with Crippen LogP contribution in [0, 0.1) is 0 Å². The lowest BCUT2D eigenvalue weighted by Crippen LogP contribution is -2.35. The Balaban J connectivity index is 1.51. The van der Waals surface area contributed by atoms with Gasteiger partial charge in [-0.2, -0.15) is 8.42 Å². The van der Waals surface area contributed by atoms with E-state index < -0.39 is 22.6 Å². The molecule has 0 aliphatic carbocycles. The van der Waals surface area contributed by atoms with E-state index in [4.69, 9.17) is 4.74 Å². The number of anilines is 1. The monoisotopic (exact) mass is 440 g/mol. The molecule has 7 nitrogen and oxygen atoms in total. The molecule has 8 heteroatoms. The van der Waals surface area contributed by atoms with Crippen molar-refractivity contribution in [2.45, 2.75) is 43.9 Å². The van der Waals surface area contributed by atoms with Crippen molar-refractivity contribution in [1.82, 2.24) is 0 Å². The number of sulfonamides is 1. The highest BCUT2D eigenvalue weighted by molar-refractivity contribution is 7.90. The predicted octanol–water partition coefficient (Wildman–Crippen LogP) is 3.77. The first-order valence-electron chi connectivity index (χ1n) is 10.4. The summed E-state index contributed by atoms with van der Waals surface area (Å²) < 4.78 is 34.5. The van der Waals surface area contributed by atoms with Crippen molar-refractivity contribution in [2.75, 3.05) is 18.1 Å². The third-order valence-corrected chi connectivity index (χ3v) is 6.94. The first-order valence-corrected chi connectivity index (χ1v) is 11.9. The van der Waals surface area contributed by atoms with Gasteiger partial charge in [0.1, 0.15) is 10.7 Å². The third kappa shape index (κ3) is 4.39. The summed E-state index contributed by atoms with van der Waals surface area (Å²) in [6.07, 6.45) is 4.35. The molecule has 1 saturated heterocycles. The SMILES string of the molecule is CCc1ccc(C(=O)COC(=O)c2ccc3c(c2)S(=O)(=O)N=C2CCCCCN23)cc1. The van der Waals surface area contributed by atoms with Gasteiger partial charge in [-0.25, -0.2) is 4.79 Å². The molecular weight excluding hydrogens is 416 g/mol. The summed E-state index contributed by atoms with van der Waals surface area (Å²) in [5.74, 6) is -0.512. The maximum Gasteiger partial charge on any atom is 0.338 e. The van der Waals surface area contributed by atoms with Crippen LogP contribution in [-0.4, -0.2) is 39.2 Å². The molecule has 4 rings (SSSR count). The van der Waals surface area contributed by atoms with Gasteiger partial charge < -0.3 is 9.64 Å². The maximum atomic E-state index is 12.7. The molecule has 0 aromatic heterocycles. The van der Waals surface area contributed by atoms with Gasteiger partial charge in [0.15, 0.2) is 12.4 Å². The molecule has 162 valence electrons. The first-order chi connectivity index (χ1) is 14.9. The van der Waals surface area contributed by atoms with Crippen molar-refractivity contribution >= 4 is 33.3 Å². The van der Waals surface area contributed by atoms with E-state index in [0.717, 1.165) is 31.2 Å². The number of Topliss-reactive ketones (excluding diaryl/α,β-unsaturated/α-hetero) is 1. The highest BCUT2D eigenvalue weighted by atomic mass is 32.2. The Hall–Kier alpha value is -3.00. The molecule has 0 saturated carbocycles. The quantitative estimate of drug-likeness (QED) is 0.519. The zero-order chi connectivity index (χ0) is 22.0. The van der Waals surface area contributed by atoms with Gasteiger partial charge in [-0.1, -0.05) is 37.6 Å². The molecule has 2 heterocycles. The fraction of sp³-hybridized carbons (Fsp3) is 0.348. The lowest BCUT2D eigenvalue weighted by Gasteiger charge is -2.29. The van der Waals surface area contributed by atoms with E-state index in [1.54, 1.807) is 18.2 Å². The molecule has 2 aromatic carbocycles. The third-order valence-electron chi connectivity index (χ3n) is 5.60. The van der Waals surface area contributed by atoms with Crippen molar-refractivity contribution < 1.29 is 22.7 Å². The van der Waals surface area contributed by atoms with Gasteiger partial charge in [0.2, 0.25) is 0 Å². The number of esters is 1. The van der Waals surface area contributed by atoms with E-state index in [9.17, 15) is 18.0 Å². The van der Waals surface area contributed by atoms with Crippen LogP contribution in [0.25, 0.3) is 0 Å². The number of rotatable bonds is 5. The number of carbonyl (C=O) groups excluding carboxylic acids is 2. The molecule has 2 aromatic rings. The molecule has 0 atom stereocenters. The zero-order valence-electron chi connectivity index (χ0n) is 17.3. The standard InChI is InChI=1S/C23H24N2O5S/c1-2-16-7-9-17(10-8-16)20(26)15-30-23(27)18-11-12-19-21(14-18)31(28,29)24-22-6-4-3-5-13-25(19)22/h7-12,14H,2-6,13,15H2,1H3. The lowest BCUT2D eigenvalue weighted by molar-refractivity contribution is 0.0474. The van der Waals surface area contributed by atoms with Gasteiger partial charge in [-0.15, -0.1) is 4.40 Å². The van der Waals surface area contributed by atoms with Crippen LogP contribution >= 0.6 is 0 Å². The summed E-state index contributed by atoms with van der Waals surface area (Å²) in [6, 6.07) is 11.6. The maximum absolute atomic E-state index is 12.7. The van der Waals surface area contributed by atoms with Crippen LogP contribution in [0.4, 0.5) is 5.69 Å². The van der Waals surface area contributed by atoms with Crippen molar-refractivity contribution in [1.29, 1.82) is 0 Å². The van der Waals surface area contributed by atoms with Gasteiger partial charge in [0.25, 0.3) is 10.0 Å². The molecule has 0 radical (unpaired) electrons. The number of benzene rings is 2. The molecule has 2 aliphatic rings. The highest BCUT2D eigenvalue weighted by Crippen LogP contribution is 2.35. The average molecular weight is 441 g/mol. The largest absolute Gasteiger partial charge is 0.454 e. The van der Waals surface area contributed by atoms with Crippen LogP contribution in [0.1, 0.15) is 58.9 Å². The van der Waals surface area contributed by atoms with E-state index in [1.807, 2.05) is 24.0 Å². The van der Waals surface area contributed by atoms with Crippen LogP contribution in [-0.2, 0) is 21.2 Å². The van der Waals surface area contributed by atoms with E-state index in [0.29, 0.717) is 30.1 Å². The van der Waals surface area contributed by atoms with E-state index in [-0.39, 0.29) is 16.2 Å². The summed E-state index contributed by atoms with van der Waals surface area (Å²) in [5, 5.41) is 0. The number of carbonyl (C=O) groups is 2. The van der Waals surface area contributed by atoms with Crippen LogP contribution in [0.2, 0.25) is 0 Å². The number of amidine groups is 1. The van der Waals surface area contributed by atoms with Gasteiger partial charge in [0.05, 0.1) is 11.3 Å². The second-order valence-electron chi connectivity index (χ2n) is 7.68. The summed E-state index contributed by atoms with van der Waals surface area (Å²) in [7, 11) is -3.89. The van der Waals surface area contributed by atoms with Crippen molar-refractivity contribution in [3.8, 4) is 0 Å². The Labute approximate surface area is 181 Å². The van der Waals surface area contributed by atoms with Crippen LogP contribution in [0.5, 0.6) is 0 Å². The first kappa shape index (κ1) is 21.2. The van der Waals surface area contributed by atoms with Crippen LogP contribution < -0.4 is 4.90 Å². The number of aryl methyl sites for hydroxylation is 1. The van der Waals surface area contributed by atoms with Gasteiger partial charge in [-0.05, 0) is 43.0 Å². The van der Waals surface area contributed by atoms with Gasteiger partial charge in [-0.3, -0.25) is 4.79 Å². The predicted molar refractivity (Wildman–Crippen MR) is 117 cm³/mol.